The van der Waals surface area contributed by atoms with E-state index in [2.05, 4.69) is 36.4 Å². The molecule has 3 rings (SSSR count). The van der Waals surface area contributed by atoms with Gasteiger partial charge in [-0.2, -0.15) is 0 Å². The zero-order valence-electron chi connectivity index (χ0n) is 21.2. The van der Waals surface area contributed by atoms with Gasteiger partial charge in [-0.05, 0) is 73.8 Å². The van der Waals surface area contributed by atoms with Crippen LogP contribution in [0.2, 0.25) is 0 Å². The number of aryl methyl sites for hydroxylation is 1. The number of benzene rings is 3. The summed E-state index contributed by atoms with van der Waals surface area (Å²) in [6.45, 7) is 0.659. The second-order valence-corrected chi connectivity index (χ2v) is 9.29. The number of allylic oxidation sites excluding steroid dienone is 1. The number of para-hydroxylation sites is 1. The number of hydrogen-bond acceptors (Lipinski definition) is 3. The van der Waals surface area contributed by atoms with E-state index in [0.29, 0.717) is 13.0 Å². The summed E-state index contributed by atoms with van der Waals surface area (Å²) in [5, 5.41) is 18.1. The molecule has 5 nitrogen and oxygen atoms in total. The van der Waals surface area contributed by atoms with Crippen molar-refractivity contribution in [3.63, 3.8) is 0 Å². The first kappa shape index (κ1) is 27.7. The van der Waals surface area contributed by atoms with Crippen LogP contribution < -0.4 is 4.74 Å². The van der Waals surface area contributed by atoms with Gasteiger partial charge in [0.1, 0.15) is 5.75 Å². The number of aromatic carboxylic acids is 1. The van der Waals surface area contributed by atoms with Gasteiger partial charge in [0.15, 0.2) is 0 Å². The third-order valence-electron chi connectivity index (χ3n) is 6.34. The molecular weight excluding hydrogens is 464 g/mol. The van der Waals surface area contributed by atoms with Crippen molar-refractivity contribution in [3.05, 3.63) is 107 Å². The minimum absolute atomic E-state index is 0.171. The van der Waals surface area contributed by atoms with Crippen LogP contribution in [0.1, 0.15) is 65.6 Å². The van der Waals surface area contributed by atoms with Crippen LogP contribution >= 0.6 is 0 Å². The van der Waals surface area contributed by atoms with E-state index in [1.807, 2.05) is 42.5 Å². The van der Waals surface area contributed by atoms with Gasteiger partial charge in [-0.1, -0.05) is 79.2 Å². The minimum Gasteiger partial charge on any atom is -0.493 e. The van der Waals surface area contributed by atoms with Crippen molar-refractivity contribution in [3.8, 4) is 5.75 Å². The molecule has 0 aliphatic carbocycles. The fourth-order valence-electron chi connectivity index (χ4n) is 4.28. The van der Waals surface area contributed by atoms with Gasteiger partial charge in [-0.15, -0.1) is 0 Å². The van der Waals surface area contributed by atoms with Crippen LogP contribution in [0.3, 0.4) is 0 Å². The van der Waals surface area contributed by atoms with Crippen LogP contribution in [-0.4, -0.2) is 28.8 Å². The van der Waals surface area contributed by atoms with Crippen LogP contribution in [0.25, 0.3) is 6.08 Å². The number of rotatable bonds is 16. The average Bonchev–Trinajstić information content (AvgIpc) is 2.90. The summed E-state index contributed by atoms with van der Waals surface area (Å²) in [5.74, 6) is -0.656. The van der Waals surface area contributed by atoms with E-state index in [4.69, 9.17) is 14.9 Å². The number of hydrogen-bond donors (Lipinski definition) is 2. The highest BCUT2D eigenvalue weighted by Crippen LogP contribution is 2.24. The molecule has 0 radical (unpaired) electrons. The normalized spacial score (nSPS) is 11.9. The van der Waals surface area contributed by atoms with Crippen molar-refractivity contribution in [1.82, 2.24) is 0 Å². The van der Waals surface area contributed by atoms with Crippen molar-refractivity contribution in [2.75, 3.05) is 6.61 Å². The SMILES string of the molecule is O=C(O)CCCCC(C=Cc1ccccc1OCCCCc1ccccc1)Cc1ccc(C(=O)O)cc1. The third kappa shape index (κ3) is 10.3. The van der Waals surface area contributed by atoms with E-state index in [-0.39, 0.29) is 17.9 Å². The van der Waals surface area contributed by atoms with E-state index in [1.54, 1.807) is 12.1 Å². The topological polar surface area (TPSA) is 83.8 Å². The molecule has 37 heavy (non-hydrogen) atoms. The number of carbonyl (C=O) groups is 2. The smallest absolute Gasteiger partial charge is 0.335 e. The van der Waals surface area contributed by atoms with Crippen molar-refractivity contribution in [1.29, 1.82) is 0 Å². The first-order valence-corrected chi connectivity index (χ1v) is 13.0. The fourth-order valence-corrected chi connectivity index (χ4v) is 4.28. The summed E-state index contributed by atoms with van der Waals surface area (Å²) in [6.07, 6.45) is 10.6. The van der Waals surface area contributed by atoms with Crippen LogP contribution in [-0.2, 0) is 17.6 Å². The van der Waals surface area contributed by atoms with Crippen molar-refractivity contribution in [2.24, 2.45) is 5.92 Å². The van der Waals surface area contributed by atoms with E-state index in [1.165, 1.54) is 5.56 Å². The molecule has 0 aliphatic heterocycles. The molecule has 0 fully saturated rings. The molecule has 194 valence electrons. The molecule has 0 spiro atoms. The van der Waals surface area contributed by atoms with E-state index >= 15 is 0 Å². The maximum atomic E-state index is 11.2. The molecule has 0 aliphatic rings. The molecule has 0 bridgehead atoms. The molecule has 3 aromatic rings. The number of carboxylic acid groups (broad SMARTS) is 2. The molecule has 1 atom stereocenters. The van der Waals surface area contributed by atoms with Gasteiger partial charge in [0, 0.05) is 12.0 Å². The second kappa shape index (κ2) is 15.3. The van der Waals surface area contributed by atoms with Crippen LogP contribution in [0, 0.1) is 5.92 Å². The first-order chi connectivity index (χ1) is 18.0. The predicted octanol–water partition coefficient (Wildman–Crippen LogP) is 7.30. The monoisotopic (exact) mass is 500 g/mol. The predicted molar refractivity (Wildman–Crippen MR) is 147 cm³/mol. The molecular formula is C32H36O5. The zero-order valence-corrected chi connectivity index (χ0v) is 21.2. The minimum atomic E-state index is -0.937. The Labute approximate surface area is 219 Å². The van der Waals surface area contributed by atoms with Gasteiger partial charge in [-0.3, -0.25) is 4.79 Å². The number of carboxylic acids is 2. The molecule has 0 aromatic heterocycles. The Morgan fingerprint density at radius 3 is 2.24 bits per heavy atom. The molecule has 0 saturated carbocycles. The Morgan fingerprint density at radius 2 is 1.51 bits per heavy atom. The van der Waals surface area contributed by atoms with E-state index in [0.717, 1.165) is 55.4 Å². The summed E-state index contributed by atoms with van der Waals surface area (Å²) in [5.41, 5.74) is 3.69. The molecule has 0 saturated heterocycles. The maximum absolute atomic E-state index is 11.2. The summed E-state index contributed by atoms with van der Waals surface area (Å²) >= 11 is 0. The summed E-state index contributed by atoms with van der Waals surface area (Å²) < 4.78 is 6.11. The lowest BCUT2D eigenvalue weighted by Gasteiger charge is -2.14. The Balaban J connectivity index is 1.59. The van der Waals surface area contributed by atoms with Crippen LogP contribution in [0.5, 0.6) is 5.75 Å². The summed E-state index contributed by atoms with van der Waals surface area (Å²) in [4.78, 5) is 22.1. The van der Waals surface area contributed by atoms with Gasteiger partial charge >= 0.3 is 11.9 Å². The molecule has 3 aromatic carbocycles. The quantitative estimate of drug-likeness (QED) is 0.202. The average molecular weight is 501 g/mol. The summed E-state index contributed by atoms with van der Waals surface area (Å²) in [6, 6.07) is 25.4. The standard InChI is InChI=1S/C32H36O5/c33-31(34)16-7-4-13-26(24-27-18-21-29(22-19-27)32(35)36)17-20-28-14-5-6-15-30(28)37-23-9-8-12-25-10-2-1-3-11-25/h1-3,5-6,10-11,14-15,17-22,26H,4,7-9,12-13,16,23-24H2,(H,33,34)(H,35,36). The van der Waals surface area contributed by atoms with E-state index in [9.17, 15) is 9.59 Å². The Hall–Kier alpha value is -3.86. The highest BCUT2D eigenvalue weighted by atomic mass is 16.5. The number of unbranched alkanes of at least 4 members (excludes halogenated alkanes) is 2. The second-order valence-electron chi connectivity index (χ2n) is 9.29. The van der Waals surface area contributed by atoms with Gasteiger partial charge in [0.25, 0.3) is 0 Å². The Bertz CT molecular complexity index is 1140. The van der Waals surface area contributed by atoms with Gasteiger partial charge in [0.2, 0.25) is 0 Å². The fraction of sp³-hybridized carbons (Fsp3) is 0.312. The zero-order chi connectivity index (χ0) is 26.3. The molecule has 5 heteroatoms. The highest BCUT2D eigenvalue weighted by Gasteiger charge is 2.10. The Kier molecular flexibility index (Phi) is 11.5. The van der Waals surface area contributed by atoms with Crippen molar-refractivity contribution >= 4 is 18.0 Å². The molecule has 2 N–H and O–H groups in total. The molecule has 0 heterocycles. The van der Waals surface area contributed by atoms with Crippen molar-refractivity contribution in [2.45, 2.75) is 51.4 Å². The lowest BCUT2D eigenvalue weighted by molar-refractivity contribution is -0.137. The number of ether oxygens (including phenoxy) is 1. The van der Waals surface area contributed by atoms with Gasteiger partial charge in [-0.25, -0.2) is 4.79 Å². The van der Waals surface area contributed by atoms with Crippen LogP contribution in [0.4, 0.5) is 0 Å². The first-order valence-electron chi connectivity index (χ1n) is 13.0. The number of aliphatic carboxylic acids is 1. The van der Waals surface area contributed by atoms with Crippen molar-refractivity contribution < 1.29 is 24.5 Å². The summed E-state index contributed by atoms with van der Waals surface area (Å²) in [7, 11) is 0. The van der Waals surface area contributed by atoms with Gasteiger partial charge < -0.3 is 14.9 Å². The highest BCUT2D eigenvalue weighted by molar-refractivity contribution is 5.87. The largest absolute Gasteiger partial charge is 0.493 e. The molecule has 0 amide bonds. The van der Waals surface area contributed by atoms with Crippen LogP contribution in [0.15, 0.2) is 84.9 Å². The van der Waals surface area contributed by atoms with E-state index < -0.39 is 11.9 Å². The Morgan fingerprint density at radius 1 is 0.784 bits per heavy atom. The lowest BCUT2D eigenvalue weighted by Crippen LogP contribution is -2.04. The van der Waals surface area contributed by atoms with Gasteiger partial charge in [0.05, 0.1) is 12.2 Å². The maximum Gasteiger partial charge on any atom is 0.335 e. The third-order valence-corrected chi connectivity index (χ3v) is 6.34. The molecule has 1 unspecified atom stereocenters. The lowest BCUT2D eigenvalue weighted by atomic mass is 9.92.